The molecule has 3 rings (SSSR count). The number of hydrogen-bond acceptors (Lipinski definition) is 3. The van der Waals surface area contributed by atoms with E-state index in [1.165, 1.54) is 26.7 Å². The molecule has 0 fully saturated rings. The number of hydrogen-bond donors (Lipinski definition) is 1. The Morgan fingerprint density at radius 1 is 1.41 bits per heavy atom. The average molecular weight is 244 g/mol. The van der Waals surface area contributed by atoms with Crippen LogP contribution >= 0.6 is 11.3 Å². The van der Waals surface area contributed by atoms with Gasteiger partial charge >= 0.3 is 0 Å². The normalized spacial score (nSPS) is 17.6. The fourth-order valence-electron chi connectivity index (χ4n) is 2.44. The van der Waals surface area contributed by atoms with E-state index in [-0.39, 0.29) is 0 Å². The minimum atomic E-state index is 0.529. The summed E-state index contributed by atoms with van der Waals surface area (Å²) in [5.74, 6) is 0.529. The summed E-state index contributed by atoms with van der Waals surface area (Å²) in [4.78, 5) is 6.07. The largest absolute Gasteiger partial charge is 0.330 e. The van der Waals surface area contributed by atoms with Crippen molar-refractivity contribution in [2.75, 3.05) is 6.54 Å². The fraction of sp³-hybridized carbons (Fsp3) is 0.357. The zero-order valence-electron chi connectivity index (χ0n) is 9.94. The van der Waals surface area contributed by atoms with Crippen molar-refractivity contribution >= 4 is 11.3 Å². The van der Waals surface area contributed by atoms with Crippen molar-refractivity contribution in [2.24, 2.45) is 5.73 Å². The van der Waals surface area contributed by atoms with Crippen molar-refractivity contribution in [3.05, 3.63) is 51.0 Å². The van der Waals surface area contributed by atoms with Crippen LogP contribution in [0.3, 0.4) is 0 Å². The Balaban J connectivity index is 1.90. The summed E-state index contributed by atoms with van der Waals surface area (Å²) in [5.41, 5.74) is 9.72. The molecule has 17 heavy (non-hydrogen) atoms. The third-order valence-corrected chi connectivity index (χ3v) is 4.76. The number of rotatable bonds is 3. The molecule has 1 aromatic heterocycles. The summed E-state index contributed by atoms with van der Waals surface area (Å²) in [6, 6.07) is 8.67. The van der Waals surface area contributed by atoms with Gasteiger partial charge in [-0.05, 0) is 37.4 Å². The molecule has 1 atom stereocenters. The second-order valence-corrected chi connectivity index (χ2v) is 5.67. The first kappa shape index (κ1) is 10.9. The summed E-state index contributed by atoms with van der Waals surface area (Å²) in [6.45, 7) is 2.80. The number of thiazole rings is 1. The first-order valence-corrected chi connectivity index (χ1v) is 6.85. The minimum absolute atomic E-state index is 0.529. The van der Waals surface area contributed by atoms with Gasteiger partial charge in [-0.1, -0.05) is 24.3 Å². The Bertz CT molecular complexity index is 545. The first-order chi connectivity index (χ1) is 8.29. The molecule has 2 aromatic rings. The maximum atomic E-state index is 5.62. The van der Waals surface area contributed by atoms with Gasteiger partial charge in [0.1, 0.15) is 5.01 Å². The Morgan fingerprint density at radius 2 is 2.24 bits per heavy atom. The zero-order chi connectivity index (χ0) is 11.8. The van der Waals surface area contributed by atoms with Crippen LogP contribution in [0.25, 0.3) is 0 Å². The van der Waals surface area contributed by atoms with Gasteiger partial charge in [0.15, 0.2) is 0 Å². The highest BCUT2D eigenvalue weighted by Crippen LogP contribution is 2.41. The smallest absolute Gasteiger partial charge is 0.101 e. The lowest BCUT2D eigenvalue weighted by molar-refractivity contribution is 0.700. The zero-order valence-corrected chi connectivity index (χ0v) is 10.8. The van der Waals surface area contributed by atoms with Crippen molar-refractivity contribution in [1.29, 1.82) is 0 Å². The number of aromatic nitrogens is 1. The molecule has 0 bridgehead atoms. The van der Waals surface area contributed by atoms with Gasteiger partial charge < -0.3 is 5.73 Å². The van der Waals surface area contributed by atoms with E-state index in [1.54, 1.807) is 0 Å². The van der Waals surface area contributed by atoms with Gasteiger partial charge in [0, 0.05) is 10.8 Å². The molecule has 1 aliphatic carbocycles. The molecule has 0 saturated carbocycles. The molecule has 1 aliphatic rings. The second-order valence-electron chi connectivity index (χ2n) is 4.55. The lowest BCUT2D eigenvalue weighted by Gasteiger charge is -2.28. The van der Waals surface area contributed by atoms with Crippen LogP contribution in [0.4, 0.5) is 0 Å². The number of fused-ring (bicyclic) bond motifs is 1. The summed E-state index contributed by atoms with van der Waals surface area (Å²) in [6.07, 6.45) is 2.10. The average Bonchev–Trinajstić information content (AvgIpc) is 2.63. The van der Waals surface area contributed by atoms with Crippen molar-refractivity contribution in [3.63, 3.8) is 0 Å². The number of aryl methyl sites for hydroxylation is 1. The summed E-state index contributed by atoms with van der Waals surface area (Å²) < 4.78 is 0. The van der Waals surface area contributed by atoms with Crippen LogP contribution in [0.15, 0.2) is 24.3 Å². The molecule has 0 saturated heterocycles. The SMILES string of the molecule is Cc1nc(C2Cc3ccccc32)sc1CCN. The lowest BCUT2D eigenvalue weighted by atomic mass is 9.78. The molecule has 3 heteroatoms. The number of nitrogens with two attached hydrogens (primary N) is 1. The summed E-state index contributed by atoms with van der Waals surface area (Å²) in [7, 11) is 0. The standard InChI is InChI=1S/C14H16N2S/c1-9-13(6-7-15)17-14(16-9)12-8-10-4-2-3-5-11(10)12/h2-5,12H,6-8,15H2,1H3. The molecule has 0 aliphatic heterocycles. The number of nitrogens with zero attached hydrogens (tertiary/aromatic N) is 1. The van der Waals surface area contributed by atoms with Crippen LogP contribution in [-0.2, 0) is 12.8 Å². The summed E-state index contributed by atoms with van der Waals surface area (Å²) >= 11 is 1.84. The van der Waals surface area contributed by atoms with Crippen LogP contribution in [-0.4, -0.2) is 11.5 Å². The predicted molar refractivity (Wildman–Crippen MR) is 71.6 cm³/mol. The van der Waals surface area contributed by atoms with E-state index in [0.717, 1.165) is 12.8 Å². The van der Waals surface area contributed by atoms with E-state index in [2.05, 4.69) is 31.2 Å². The van der Waals surface area contributed by atoms with E-state index < -0.39 is 0 Å². The molecule has 1 aromatic carbocycles. The van der Waals surface area contributed by atoms with Crippen LogP contribution in [0, 0.1) is 6.92 Å². The molecular formula is C14H16N2S. The van der Waals surface area contributed by atoms with Crippen LogP contribution < -0.4 is 5.73 Å². The highest BCUT2D eigenvalue weighted by atomic mass is 32.1. The monoisotopic (exact) mass is 244 g/mol. The van der Waals surface area contributed by atoms with Gasteiger partial charge in [0.25, 0.3) is 0 Å². The second kappa shape index (κ2) is 4.24. The van der Waals surface area contributed by atoms with Gasteiger partial charge in [0.05, 0.1) is 5.69 Å². The Labute approximate surface area is 106 Å². The molecule has 2 nitrogen and oxygen atoms in total. The van der Waals surface area contributed by atoms with E-state index in [1.807, 2.05) is 11.3 Å². The van der Waals surface area contributed by atoms with Gasteiger partial charge in [0.2, 0.25) is 0 Å². The van der Waals surface area contributed by atoms with Crippen molar-refractivity contribution in [2.45, 2.75) is 25.7 Å². The minimum Gasteiger partial charge on any atom is -0.330 e. The van der Waals surface area contributed by atoms with E-state index in [4.69, 9.17) is 10.7 Å². The highest BCUT2D eigenvalue weighted by molar-refractivity contribution is 7.11. The molecule has 88 valence electrons. The van der Waals surface area contributed by atoms with Crippen molar-refractivity contribution in [3.8, 4) is 0 Å². The van der Waals surface area contributed by atoms with Crippen LogP contribution in [0.5, 0.6) is 0 Å². The van der Waals surface area contributed by atoms with Crippen molar-refractivity contribution in [1.82, 2.24) is 4.98 Å². The Kier molecular flexibility index (Phi) is 2.73. The first-order valence-electron chi connectivity index (χ1n) is 6.03. The van der Waals surface area contributed by atoms with E-state index in [0.29, 0.717) is 12.5 Å². The topological polar surface area (TPSA) is 38.9 Å². The van der Waals surface area contributed by atoms with Gasteiger partial charge in [-0.15, -0.1) is 11.3 Å². The highest BCUT2D eigenvalue weighted by Gasteiger charge is 2.29. The Hall–Kier alpha value is -1.19. The van der Waals surface area contributed by atoms with Gasteiger partial charge in [-0.3, -0.25) is 0 Å². The fourth-order valence-corrected chi connectivity index (χ4v) is 3.64. The molecule has 0 amide bonds. The van der Waals surface area contributed by atoms with Gasteiger partial charge in [-0.25, -0.2) is 4.98 Å². The quantitative estimate of drug-likeness (QED) is 0.901. The maximum Gasteiger partial charge on any atom is 0.101 e. The molecule has 0 spiro atoms. The molecule has 1 heterocycles. The summed E-state index contributed by atoms with van der Waals surface area (Å²) in [5, 5.41) is 1.27. The Morgan fingerprint density at radius 3 is 3.00 bits per heavy atom. The molecule has 1 unspecified atom stereocenters. The van der Waals surface area contributed by atoms with Gasteiger partial charge in [-0.2, -0.15) is 0 Å². The lowest BCUT2D eigenvalue weighted by Crippen LogP contribution is -2.17. The molecule has 0 radical (unpaired) electrons. The third-order valence-electron chi connectivity index (χ3n) is 3.43. The third kappa shape index (κ3) is 1.79. The van der Waals surface area contributed by atoms with Crippen LogP contribution in [0.2, 0.25) is 0 Å². The van der Waals surface area contributed by atoms with Crippen molar-refractivity contribution < 1.29 is 0 Å². The molecular weight excluding hydrogens is 228 g/mol. The maximum absolute atomic E-state index is 5.62. The predicted octanol–water partition coefficient (Wildman–Crippen LogP) is 2.64. The van der Waals surface area contributed by atoms with Crippen LogP contribution in [0.1, 0.15) is 32.6 Å². The van der Waals surface area contributed by atoms with E-state index in [9.17, 15) is 0 Å². The number of benzene rings is 1. The van der Waals surface area contributed by atoms with E-state index >= 15 is 0 Å². The molecule has 2 N–H and O–H groups in total.